The van der Waals surface area contributed by atoms with E-state index in [0.717, 1.165) is 28.9 Å². The van der Waals surface area contributed by atoms with E-state index in [9.17, 15) is 8.78 Å². The van der Waals surface area contributed by atoms with Gasteiger partial charge in [0.15, 0.2) is 4.96 Å². The van der Waals surface area contributed by atoms with Crippen molar-refractivity contribution in [2.75, 3.05) is 0 Å². The van der Waals surface area contributed by atoms with Crippen molar-refractivity contribution >= 4 is 16.3 Å². The van der Waals surface area contributed by atoms with E-state index in [1.165, 1.54) is 11.3 Å². The number of nitrogens with two attached hydrogens (primary N) is 1. The molecule has 0 saturated heterocycles. The Kier molecular flexibility index (Phi) is 3.04. The maximum absolute atomic E-state index is 13.6. The highest BCUT2D eigenvalue weighted by molar-refractivity contribution is 7.15. The molecule has 3 rings (SSSR count). The molecule has 1 unspecified atom stereocenters. The molecule has 0 aliphatic carbocycles. The molecule has 0 aliphatic rings. The average Bonchev–Trinajstić information content (AvgIpc) is 2.92. The van der Waals surface area contributed by atoms with Crippen LogP contribution in [-0.4, -0.2) is 9.38 Å². The summed E-state index contributed by atoms with van der Waals surface area (Å²) in [6, 6.07) is 2.70. The zero-order valence-corrected chi connectivity index (χ0v) is 10.7. The number of aromatic nitrogens is 2. The average molecular weight is 279 g/mol. The molecule has 0 saturated carbocycles. The quantitative estimate of drug-likeness (QED) is 0.801. The van der Waals surface area contributed by atoms with Crippen molar-refractivity contribution in [3.05, 3.63) is 58.9 Å². The van der Waals surface area contributed by atoms with Crippen molar-refractivity contribution in [1.82, 2.24) is 9.38 Å². The van der Waals surface area contributed by atoms with Crippen LogP contribution in [0.3, 0.4) is 0 Å². The lowest BCUT2D eigenvalue weighted by Gasteiger charge is -2.11. The number of hydrogen-bond donors (Lipinski definition) is 1. The van der Waals surface area contributed by atoms with E-state index in [4.69, 9.17) is 5.73 Å². The minimum atomic E-state index is -0.611. The standard InChI is InChI=1S/C13H11F2N3S/c14-8-1-2-11(15)10(5-8)12(16)6-9-7-18-3-4-19-13(18)17-9/h1-5,7,12H,6,16H2. The molecule has 6 heteroatoms. The number of halogens is 2. The van der Waals surface area contributed by atoms with Crippen LogP contribution in [0.2, 0.25) is 0 Å². The first-order valence-electron chi connectivity index (χ1n) is 5.75. The number of imidazole rings is 1. The van der Waals surface area contributed by atoms with E-state index in [0.29, 0.717) is 6.42 Å². The number of nitrogens with zero attached hydrogens (tertiary/aromatic N) is 2. The van der Waals surface area contributed by atoms with E-state index >= 15 is 0 Å². The summed E-state index contributed by atoms with van der Waals surface area (Å²) in [5.74, 6) is -0.979. The molecule has 3 nitrogen and oxygen atoms in total. The second-order valence-electron chi connectivity index (χ2n) is 4.30. The summed E-state index contributed by atoms with van der Waals surface area (Å²) in [6.07, 6.45) is 4.11. The SMILES string of the molecule is NC(Cc1cn2ccsc2n1)c1cc(F)ccc1F. The number of rotatable bonds is 3. The molecule has 2 N–H and O–H groups in total. The van der Waals surface area contributed by atoms with Crippen LogP contribution in [0.4, 0.5) is 8.78 Å². The van der Waals surface area contributed by atoms with Crippen molar-refractivity contribution in [2.24, 2.45) is 5.73 Å². The maximum Gasteiger partial charge on any atom is 0.193 e. The predicted molar refractivity (Wildman–Crippen MR) is 70.1 cm³/mol. The summed E-state index contributed by atoms with van der Waals surface area (Å²) in [4.78, 5) is 5.24. The largest absolute Gasteiger partial charge is 0.324 e. The van der Waals surface area contributed by atoms with Crippen LogP contribution in [0.25, 0.3) is 4.96 Å². The van der Waals surface area contributed by atoms with Crippen molar-refractivity contribution < 1.29 is 8.78 Å². The lowest BCUT2D eigenvalue weighted by atomic mass is 10.0. The highest BCUT2D eigenvalue weighted by Crippen LogP contribution is 2.21. The molecule has 1 atom stereocenters. The first-order valence-corrected chi connectivity index (χ1v) is 6.63. The highest BCUT2D eigenvalue weighted by Gasteiger charge is 2.15. The van der Waals surface area contributed by atoms with Crippen LogP contribution < -0.4 is 5.73 Å². The maximum atomic E-state index is 13.6. The summed E-state index contributed by atoms with van der Waals surface area (Å²) in [5, 5.41) is 1.93. The highest BCUT2D eigenvalue weighted by atomic mass is 32.1. The van der Waals surface area contributed by atoms with Gasteiger partial charge in [0, 0.05) is 35.8 Å². The van der Waals surface area contributed by atoms with Crippen molar-refractivity contribution in [1.29, 1.82) is 0 Å². The molecule has 98 valence electrons. The molecule has 19 heavy (non-hydrogen) atoms. The fraction of sp³-hybridized carbons (Fsp3) is 0.154. The van der Waals surface area contributed by atoms with Gasteiger partial charge in [-0.3, -0.25) is 4.40 Å². The second kappa shape index (κ2) is 4.71. The molecule has 2 aromatic heterocycles. The summed E-state index contributed by atoms with van der Waals surface area (Å²) < 4.78 is 28.6. The topological polar surface area (TPSA) is 43.3 Å². The van der Waals surface area contributed by atoms with Crippen molar-refractivity contribution in [3.63, 3.8) is 0 Å². The van der Waals surface area contributed by atoms with Crippen LogP contribution in [0.1, 0.15) is 17.3 Å². The van der Waals surface area contributed by atoms with Crippen molar-refractivity contribution in [2.45, 2.75) is 12.5 Å². The number of fused-ring (bicyclic) bond motifs is 1. The minimum absolute atomic E-state index is 0.177. The van der Waals surface area contributed by atoms with Crippen LogP contribution >= 0.6 is 11.3 Å². The van der Waals surface area contributed by atoms with Gasteiger partial charge in [-0.25, -0.2) is 13.8 Å². The number of benzene rings is 1. The Hall–Kier alpha value is -1.79. The molecular weight excluding hydrogens is 268 g/mol. The van der Waals surface area contributed by atoms with Crippen LogP contribution in [0, 0.1) is 11.6 Å². The van der Waals surface area contributed by atoms with Crippen LogP contribution in [-0.2, 0) is 6.42 Å². The molecule has 2 heterocycles. The Morgan fingerprint density at radius 3 is 3.00 bits per heavy atom. The third-order valence-corrected chi connectivity index (χ3v) is 3.70. The van der Waals surface area contributed by atoms with Gasteiger partial charge in [0.2, 0.25) is 0 Å². The summed E-state index contributed by atoms with van der Waals surface area (Å²) in [5.41, 5.74) is 6.88. The molecule has 1 aromatic carbocycles. The van der Waals surface area contributed by atoms with Gasteiger partial charge in [-0.1, -0.05) is 0 Å². The molecule has 0 bridgehead atoms. The first kappa shape index (κ1) is 12.3. The van der Waals surface area contributed by atoms with Crippen molar-refractivity contribution in [3.8, 4) is 0 Å². The minimum Gasteiger partial charge on any atom is -0.324 e. The lowest BCUT2D eigenvalue weighted by Crippen LogP contribution is -2.15. The zero-order valence-electron chi connectivity index (χ0n) is 9.88. The van der Waals surface area contributed by atoms with Gasteiger partial charge in [-0.2, -0.15) is 0 Å². The monoisotopic (exact) mass is 279 g/mol. The summed E-state index contributed by atoms with van der Waals surface area (Å²) in [7, 11) is 0. The molecule has 0 fully saturated rings. The fourth-order valence-electron chi connectivity index (χ4n) is 2.01. The molecule has 0 radical (unpaired) electrons. The van der Waals surface area contributed by atoms with E-state index in [-0.39, 0.29) is 5.56 Å². The molecular formula is C13H11F2N3S. The van der Waals surface area contributed by atoms with E-state index in [2.05, 4.69) is 4.98 Å². The Morgan fingerprint density at radius 1 is 1.37 bits per heavy atom. The predicted octanol–water partition coefficient (Wildman–Crippen LogP) is 2.92. The number of hydrogen-bond acceptors (Lipinski definition) is 3. The summed E-state index contributed by atoms with van der Waals surface area (Å²) >= 11 is 1.51. The third kappa shape index (κ3) is 2.36. The van der Waals surface area contributed by atoms with Gasteiger partial charge in [-0.15, -0.1) is 11.3 Å². The van der Waals surface area contributed by atoms with E-state index < -0.39 is 17.7 Å². The smallest absolute Gasteiger partial charge is 0.193 e. The van der Waals surface area contributed by atoms with Gasteiger partial charge in [0.05, 0.1) is 5.69 Å². The van der Waals surface area contributed by atoms with E-state index in [1.54, 1.807) is 0 Å². The Bertz CT molecular complexity index is 691. The summed E-state index contributed by atoms with van der Waals surface area (Å²) in [6.45, 7) is 0. The van der Waals surface area contributed by atoms with E-state index in [1.807, 2.05) is 22.2 Å². The van der Waals surface area contributed by atoms with Gasteiger partial charge < -0.3 is 5.73 Å². The lowest BCUT2D eigenvalue weighted by molar-refractivity contribution is 0.559. The normalized spacial score (nSPS) is 13.0. The fourth-order valence-corrected chi connectivity index (χ4v) is 2.73. The third-order valence-electron chi connectivity index (χ3n) is 2.93. The Labute approximate surface area is 112 Å². The second-order valence-corrected chi connectivity index (χ2v) is 5.17. The molecule has 3 aromatic rings. The van der Waals surface area contributed by atoms with Gasteiger partial charge in [-0.05, 0) is 18.2 Å². The van der Waals surface area contributed by atoms with Gasteiger partial charge in [0.25, 0.3) is 0 Å². The van der Waals surface area contributed by atoms with Crippen LogP contribution in [0.5, 0.6) is 0 Å². The number of thiazole rings is 1. The zero-order chi connectivity index (χ0) is 13.4. The Morgan fingerprint density at radius 2 is 2.21 bits per heavy atom. The molecule has 0 aliphatic heterocycles. The molecule has 0 spiro atoms. The van der Waals surface area contributed by atoms with Crippen LogP contribution in [0.15, 0.2) is 36.0 Å². The first-order chi connectivity index (χ1) is 9.13. The van der Waals surface area contributed by atoms with Gasteiger partial charge in [0.1, 0.15) is 11.6 Å². The Balaban J connectivity index is 1.86. The molecule has 0 amide bonds. The van der Waals surface area contributed by atoms with Gasteiger partial charge >= 0.3 is 0 Å².